The number of hydrogen-bond acceptors (Lipinski definition) is 2. The van der Waals surface area contributed by atoms with Gasteiger partial charge < -0.3 is 10.2 Å². The summed E-state index contributed by atoms with van der Waals surface area (Å²) in [7, 11) is 0. The number of nitrogens with zero attached hydrogens (tertiary/aromatic N) is 1. The van der Waals surface area contributed by atoms with Crippen molar-refractivity contribution in [3.05, 3.63) is 42.5 Å². The van der Waals surface area contributed by atoms with Crippen molar-refractivity contribution in [2.45, 2.75) is 52.4 Å². The van der Waals surface area contributed by atoms with E-state index in [2.05, 4.69) is 25.7 Å². The van der Waals surface area contributed by atoms with Crippen LogP contribution in [0.2, 0.25) is 0 Å². The number of amides is 2. The molecule has 0 saturated carbocycles. The van der Waals surface area contributed by atoms with Crippen molar-refractivity contribution in [2.75, 3.05) is 18.4 Å². The van der Waals surface area contributed by atoms with Gasteiger partial charge in [0.25, 0.3) is 0 Å². The first-order valence-corrected chi connectivity index (χ1v) is 9.32. The van der Waals surface area contributed by atoms with E-state index in [0.29, 0.717) is 17.5 Å². The summed E-state index contributed by atoms with van der Waals surface area (Å²) in [5, 5.41) is 2.74. The Bertz CT molecular complexity index is 620. The summed E-state index contributed by atoms with van der Waals surface area (Å²) in [6.45, 7) is 9.70. The van der Waals surface area contributed by atoms with Gasteiger partial charge in [0.05, 0.1) is 6.42 Å². The zero-order valence-electron chi connectivity index (χ0n) is 15.5. The zero-order valence-corrected chi connectivity index (χ0v) is 15.5. The Balaban J connectivity index is 1.99. The predicted molar refractivity (Wildman–Crippen MR) is 102 cm³/mol. The summed E-state index contributed by atoms with van der Waals surface area (Å²) in [5.74, 6) is -0.0679. The van der Waals surface area contributed by atoms with Crippen molar-refractivity contribution < 1.29 is 9.59 Å². The lowest BCUT2D eigenvalue weighted by atomic mass is 9.76. The number of carbonyl (C=O) groups excluding carboxylic acids is 2. The maximum Gasteiger partial charge on any atom is 0.247 e. The van der Waals surface area contributed by atoms with Crippen LogP contribution in [0.15, 0.2) is 36.9 Å². The normalized spacial score (nSPS) is 16.8. The molecule has 1 aliphatic heterocycles. The molecule has 1 N–H and O–H groups in total. The van der Waals surface area contributed by atoms with Gasteiger partial charge in [-0.05, 0) is 48.4 Å². The standard InChI is InChI=1S/C21H30N2O2/c1-4-19(24)22-18-10-7-9-17(15-18)16-20(25)23-13-8-11-21(5-2,6-3)12-14-23/h4,7,9-10,15H,1,5-6,8,11-14,16H2,2-3H3,(H,22,24). The van der Waals surface area contributed by atoms with Crippen molar-refractivity contribution >= 4 is 17.5 Å². The molecular formula is C21H30N2O2. The molecule has 0 aliphatic carbocycles. The van der Waals surface area contributed by atoms with Crippen LogP contribution in [-0.4, -0.2) is 29.8 Å². The van der Waals surface area contributed by atoms with Gasteiger partial charge in [-0.15, -0.1) is 0 Å². The van der Waals surface area contributed by atoms with Crippen LogP contribution in [0.4, 0.5) is 5.69 Å². The second-order valence-electron chi connectivity index (χ2n) is 7.01. The largest absolute Gasteiger partial charge is 0.342 e. The number of hydrogen-bond donors (Lipinski definition) is 1. The van der Waals surface area contributed by atoms with Gasteiger partial charge in [0.15, 0.2) is 0 Å². The highest BCUT2D eigenvalue weighted by Gasteiger charge is 2.30. The monoisotopic (exact) mass is 342 g/mol. The molecule has 4 heteroatoms. The molecule has 2 amide bonds. The number of likely N-dealkylation sites (tertiary alicyclic amines) is 1. The first-order chi connectivity index (χ1) is 12.0. The lowest BCUT2D eigenvalue weighted by Crippen LogP contribution is -2.33. The second kappa shape index (κ2) is 8.84. The summed E-state index contributed by atoms with van der Waals surface area (Å²) in [4.78, 5) is 26.1. The average Bonchev–Trinajstić information content (AvgIpc) is 2.85. The van der Waals surface area contributed by atoms with Crippen LogP contribution in [0.3, 0.4) is 0 Å². The molecule has 0 atom stereocenters. The molecule has 136 valence electrons. The molecule has 25 heavy (non-hydrogen) atoms. The van der Waals surface area contributed by atoms with E-state index in [-0.39, 0.29) is 11.8 Å². The van der Waals surface area contributed by atoms with Gasteiger partial charge in [-0.3, -0.25) is 9.59 Å². The summed E-state index contributed by atoms with van der Waals surface area (Å²) >= 11 is 0. The minimum Gasteiger partial charge on any atom is -0.342 e. The Labute approximate surface area is 151 Å². The molecule has 1 aliphatic rings. The van der Waals surface area contributed by atoms with Gasteiger partial charge >= 0.3 is 0 Å². The van der Waals surface area contributed by atoms with Gasteiger partial charge in [0.1, 0.15) is 0 Å². The third-order valence-corrected chi connectivity index (χ3v) is 5.64. The van der Waals surface area contributed by atoms with E-state index in [1.807, 2.05) is 29.2 Å². The number of rotatable bonds is 6. The molecule has 2 rings (SSSR count). The second-order valence-corrected chi connectivity index (χ2v) is 7.01. The molecule has 0 unspecified atom stereocenters. The smallest absolute Gasteiger partial charge is 0.247 e. The zero-order chi connectivity index (χ0) is 18.3. The molecule has 0 radical (unpaired) electrons. The Morgan fingerprint density at radius 3 is 2.68 bits per heavy atom. The van der Waals surface area contributed by atoms with Crippen molar-refractivity contribution in [2.24, 2.45) is 5.41 Å². The quantitative estimate of drug-likeness (QED) is 0.789. The van der Waals surface area contributed by atoms with Crippen LogP contribution < -0.4 is 5.32 Å². The predicted octanol–water partition coefficient (Wildman–Crippen LogP) is 4.17. The minimum atomic E-state index is -0.244. The van der Waals surface area contributed by atoms with Crippen LogP contribution in [0, 0.1) is 5.41 Å². The lowest BCUT2D eigenvalue weighted by Gasteiger charge is -2.30. The highest BCUT2D eigenvalue weighted by molar-refractivity contribution is 5.98. The first kappa shape index (κ1) is 19.2. The lowest BCUT2D eigenvalue weighted by molar-refractivity contribution is -0.130. The summed E-state index contributed by atoms with van der Waals surface area (Å²) < 4.78 is 0. The first-order valence-electron chi connectivity index (χ1n) is 9.32. The maximum absolute atomic E-state index is 12.7. The van der Waals surface area contributed by atoms with E-state index >= 15 is 0 Å². The van der Waals surface area contributed by atoms with Gasteiger partial charge in [-0.25, -0.2) is 0 Å². The summed E-state index contributed by atoms with van der Waals surface area (Å²) in [6.07, 6.45) is 7.40. The van der Waals surface area contributed by atoms with Crippen molar-refractivity contribution in [1.82, 2.24) is 4.90 Å². The van der Waals surface area contributed by atoms with E-state index < -0.39 is 0 Å². The van der Waals surface area contributed by atoms with Gasteiger partial charge in [-0.2, -0.15) is 0 Å². The fraction of sp³-hybridized carbons (Fsp3) is 0.524. The Kier molecular flexibility index (Phi) is 6.80. The number of benzene rings is 1. The number of nitrogens with one attached hydrogen (secondary N) is 1. The molecule has 4 nitrogen and oxygen atoms in total. The van der Waals surface area contributed by atoms with Crippen LogP contribution in [0.5, 0.6) is 0 Å². The van der Waals surface area contributed by atoms with E-state index in [1.54, 1.807) is 0 Å². The van der Waals surface area contributed by atoms with Crippen LogP contribution in [-0.2, 0) is 16.0 Å². The maximum atomic E-state index is 12.7. The van der Waals surface area contributed by atoms with Crippen molar-refractivity contribution in [3.63, 3.8) is 0 Å². The number of anilines is 1. The van der Waals surface area contributed by atoms with Crippen LogP contribution in [0.25, 0.3) is 0 Å². The van der Waals surface area contributed by atoms with Gasteiger partial charge in [0, 0.05) is 18.8 Å². The van der Waals surface area contributed by atoms with Crippen LogP contribution in [0.1, 0.15) is 51.5 Å². The molecule has 1 saturated heterocycles. The van der Waals surface area contributed by atoms with E-state index in [1.165, 1.54) is 25.3 Å². The highest BCUT2D eigenvalue weighted by atomic mass is 16.2. The third-order valence-electron chi connectivity index (χ3n) is 5.64. The fourth-order valence-corrected chi connectivity index (χ4v) is 3.70. The van der Waals surface area contributed by atoms with Gasteiger partial charge in [0.2, 0.25) is 11.8 Å². The van der Waals surface area contributed by atoms with Gasteiger partial charge in [-0.1, -0.05) is 45.4 Å². The number of carbonyl (C=O) groups is 2. The van der Waals surface area contributed by atoms with E-state index in [0.717, 1.165) is 31.5 Å². The van der Waals surface area contributed by atoms with E-state index in [4.69, 9.17) is 0 Å². The van der Waals surface area contributed by atoms with Crippen LogP contribution >= 0.6 is 0 Å². The average molecular weight is 342 g/mol. The highest BCUT2D eigenvalue weighted by Crippen LogP contribution is 2.37. The molecule has 0 aromatic heterocycles. The molecule has 1 aromatic rings. The Morgan fingerprint density at radius 1 is 1.24 bits per heavy atom. The summed E-state index contributed by atoms with van der Waals surface area (Å²) in [6, 6.07) is 7.47. The van der Waals surface area contributed by atoms with E-state index in [9.17, 15) is 9.59 Å². The Hall–Kier alpha value is -2.10. The van der Waals surface area contributed by atoms with Crippen molar-refractivity contribution in [1.29, 1.82) is 0 Å². The molecular weight excluding hydrogens is 312 g/mol. The third kappa shape index (κ3) is 5.18. The molecule has 0 spiro atoms. The van der Waals surface area contributed by atoms with Crippen molar-refractivity contribution in [3.8, 4) is 0 Å². The molecule has 1 aromatic carbocycles. The molecule has 1 fully saturated rings. The summed E-state index contributed by atoms with van der Waals surface area (Å²) in [5.41, 5.74) is 2.03. The Morgan fingerprint density at radius 2 is 2.00 bits per heavy atom. The molecule has 0 bridgehead atoms. The fourth-order valence-electron chi connectivity index (χ4n) is 3.70. The SMILES string of the molecule is C=CC(=O)Nc1cccc(CC(=O)N2CCCC(CC)(CC)CC2)c1. The molecule has 1 heterocycles. The topological polar surface area (TPSA) is 49.4 Å². The minimum absolute atomic E-state index is 0.176.